The van der Waals surface area contributed by atoms with Crippen LogP contribution in [0.2, 0.25) is 0 Å². The second kappa shape index (κ2) is 4.56. The van der Waals surface area contributed by atoms with E-state index in [4.69, 9.17) is 0 Å². The summed E-state index contributed by atoms with van der Waals surface area (Å²) in [6, 6.07) is 4.27. The van der Waals surface area contributed by atoms with Crippen LogP contribution in [0.15, 0.2) is 24.3 Å². The summed E-state index contributed by atoms with van der Waals surface area (Å²) < 4.78 is 12.9. The molecule has 0 atom stereocenters. The van der Waals surface area contributed by atoms with E-state index in [-0.39, 0.29) is 5.82 Å². The molecule has 1 aromatic carbocycles. The summed E-state index contributed by atoms with van der Waals surface area (Å²) in [6.07, 6.45) is 2.45. The standard InChI is InChI=1S/C11H12FNO/c1-3-8(2)10-6-9(12)4-5-11(10)13-7-14/h3-7H,1-2H3,(H,13,14)/b8-3+. The Morgan fingerprint density at radius 1 is 1.50 bits per heavy atom. The number of benzene rings is 1. The molecule has 1 aromatic rings. The Morgan fingerprint density at radius 3 is 2.79 bits per heavy atom. The molecule has 2 nitrogen and oxygen atoms in total. The van der Waals surface area contributed by atoms with Crippen LogP contribution in [0.1, 0.15) is 19.4 Å². The number of hydrogen-bond acceptors (Lipinski definition) is 1. The molecule has 1 amide bonds. The largest absolute Gasteiger partial charge is 0.328 e. The molecule has 0 radical (unpaired) electrons. The van der Waals surface area contributed by atoms with Gasteiger partial charge in [-0.05, 0) is 37.6 Å². The number of carbonyl (C=O) groups is 1. The van der Waals surface area contributed by atoms with Crippen LogP contribution in [-0.2, 0) is 4.79 Å². The Balaban J connectivity index is 3.22. The van der Waals surface area contributed by atoms with E-state index in [1.54, 1.807) is 6.07 Å². The number of allylic oxidation sites excluding steroid dienone is 2. The van der Waals surface area contributed by atoms with Crippen molar-refractivity contribution in [3.05, 3.63) is 35.7 Å². The van der Waals surface area contributed by atoms with Gasteiger partial charge < -0.3 is 5.32 Å². The van der Waals surface area contributed by atoms with E-state index in [1.807, 2.05) is 19.9 Å². The highest BCUT2D eigenvalue weighted by molar-refractivity contribution is 5.82. The van der Waals surface area contributed by atoms with Gasteiger partial charge in [-0.3, -0.25) is 4.79 Å². The minimum atomic E-state index is -0.308. The average Bonchev–Trinajstić information content (AvgIpc) is 2.20. The van der Waals surface area contributed by atoms with Crippen LogP contribution in [0.4, 0.5) is 10.1 Å². The third-order valence-electron chi connectivity index (χ3n) is 2.05. The van der Waals surface area contributed by atoms with Gasteiger partial charge >= 0.3 is 0 Å². The average molecular weight is 193 g/mol. The Kier molecular flexibility index (Phi) is 3.40. The summed E-state index contributed by atoms with van der Waals surface area (Å²) >= 11 is 0. The van der Waals surface area contributed by atoms with Gasteiger partial charge in [-0.15, -0.1) is 0 Å². The number of anilines is 1. The summed E-state index contributed by atoms with van der Waals surface area (Å²) in [6.45, 7) is 3.73. The molecule has 0 heterocycles. The SMILES string of the molecule is C/C=C(\C)c1cc(F)ccc1NC=O. The molecule has 0 spiro atoms. The summed E-state index contributed by atoms with van der Waals surface area (Å²) in [7, 11) is 0. The first kappa shape index (κ1) is 10.4. The van der Waals surface area contributed by atoms with Crippen molar-refractivity contribution in [1.82, 2.24) is 0 Å². The Labute approximate surface area is 82.4 Å². The van der Waals surface area contributed by atoms with Crippen LogP contribution in [0, 0.1) is 5.82 Å². The molecule has 3 heteroatoms. The number of nitrogens with one attached hydrogen (secondary N) is 1. The molecule has 14 heavy (non-hydrogen) atoms. The zero-order valence-electron chi connectivity index (χ0n) is 8.17. The Hall–Kier alpha value is -1.64. The Bertz CT molecular complexity index is 372. The molecular weight excluding hydrogens is 181 g/mol. The van der Waals surface area contributed by atoms with Gasteiger partial charge in [0.05, 0.1) is 0 Å². The van der Waals surface area contributed by atoms with Crippen molar-refractivity contribution in [2.24, 2.45) is 0 Å². The summed E-state index contributed by atoms with van der Waals surface area (Å²) in [5.41, 5.74) is 2.26. The zero-order valence-corrected chi connectivity index (χ0v) is 8.17. The molecule has 0 aliphatic carbocycles. The number of amides is 1. The molecular formula is C11H12FNO. The molecule has 0 bridgehead atoms. The van der Waals surface area contributed by atoms with Crippen LogP contribution < -0.4 is 5.32 Å². The Morgan fingerprint density at radius 2 is 2.21 bits per heavy atom. The van der Waals surface area contributed by atoms with Gasteiger partial charge in [0.2, 0.25) is 6.41 Å². The van der Waals surface area contributed by atoms with Crippen molar-refractivity contribution in [2.45, 2.75) is 13.8 Å². The third kappa shape index (κ3) is 2.19. The predicted octanol–water partition coefficient (Wildman–Crippen LogP) is 2.82. The first-order valence-electron chi connectivity index (χ1n) is 4.32. The molecule has 1 rings (SSSR count). The van der Waals surface area contributed by atoms with Crippen molar-refractivity contribution in [1.29, 1.82) is 0 Å². The molecule has 74 valence electrons. The lowest BCUT2D eigenvalue weighted by Gasteiger charge is -2.08. The van der Waals surface area contributed by atoms with Crippen molar-refractivity contribution < 1.29 is 9.18 Å². The van der Waals surface area contributed by atoms with Gasteiger partial charge in [0, 0.05) is 11.3 Å². The fourth-order valence-electron chi connectivity index (χ4n) is 1.19. The second-order valence-corrected chi connectivity index (χ2v) is 2.92. The summed E-state index contributed by atoms with van der Waals surface area (Å²) in [4.78, 5) is 10.3. The highest BCUT2D eigenvalue weighted by Crippen LogP contribution is 2.24. The van der Waals surface area contributed by atoms with Gasteiger partial charge in [-0.2, -0.15) is 0 Å². The maximum Gasteiger partial charge on any atom is 0.211 e. The van der Waals surface area contributed by atoms with Crippen molar-refractivity contribution in [2.75, 3.05) is 5.32 Å². The van der Waals surface area contributed by atoms with E-state index in [0.29, 0.717) is 17.7 Å². The zero-order chi connectivity index (χ0) is 10.6. The molecule has 0 fully saturated rings. The molecule has 1 N–H and O–H groups in total. The number of rotatable bonds is 3. The first-order chi connectivity index (χ1) is 6.69. The van der Waals surface area contributed by atoms with Crippen LogP contribution in [0.5, 0.6) is 0 Å². The minimum Gasteiger partial charge on any atom is -0.328 e. The smallest absolute Gasteiger partial charge is 0.211 e. The lowest BCUT2D eigenvalue weighted by Crippen LogP contribution is -1.98. The molecule has 0 unspecified atom stereocenters. The lowest BCUT2D eigenvalue weighted by molar-refractivity contribution is -0.105. The fraction of sp³-hybridized carbons (Fsp3) is 0.182. The number of carbonyl (C=O) groups excluding carboxylic acids is 1. The molecule has 0 saturated carbocycles. The quantitative estimate of drug-likeness (QED) is 0.735. The minimum absolute atomic E-state index is 0.308. The first-order valence-corrected chi connectivity index (χ1v) is 4.32. The van der Waals surface area contributed by atoms with Gasteiger partial charge in [0.1, 0.15) is 5.82 Å². The topological polar surface area (TPSA) is 29.1 Å². The van der Waals surface area contributed by atoms with Gasteiger partial charge in [0.25, 0.3) is 0 Å². The normalized spacial score (nSPS) is 11.2. The summed E-state index contributed by atoms with van der Waals surface area (Å²) in [5.74, 6) is -0.308. The van der Waals surface area contributed by atoms with E-state index < -0.39 is 0 Å². The maximum absolute atomic E-state index is 12.9. The van der Waals surface area contributed by atoms with E-state index in [2.05, 4.69) is 5.32 Å². The molecule has 0 aliphatic rings. The van der Waals surface area contributed by atoms with Crippen LogP contribution in [0.3, 0.4) is 0 Å². The van der Waals surface area contributed by atoms with Gasteiger partial charge in [0.15, 0.2) is 0 Å². The van der Waals surface area contributed by atoms with E-state index in [1.165, 1.54) is 12.1 Å². The predicted molar refractivity (Wildman–Crippen MR) is 55.4 cm³/mol. The van der Waals surface area contributed by atoms with Gasteiger partial charge in [-0.25, -0.2) is 4.39 Å². The van der Waals surface area contributed by atoms with E-state index >= 15 is 0 Å². The third-order valence-corrected chi connectivity index (χ3v) is 2.05. The lowest BCUT2D eigenvalue weighted by atomic mass is 10.1. The van der Waals surface area contributed by atoms with Crippen LogP contribution >= 0.6 is 0 Å². The van der Waals surface area contributed by atoms with Crippen molar-refractivity contribution >= 4 is 17.7 Å². The molecule has 0 aliphatic heterocycles. The molecule has 0 saturated heterocycles. The van der Waals surface area contributed by atoms with E-state index in [0.717, 1.165) is 5.57 Å². The van der Waals surface area contributed by atoms with Crippen molar-refractivity contribution in [3.8, 4) is 0 Å². The highest BCUT2D eigenvalue weighted by atomic mass is 19.1. The number of hydrogen-bond donors (Lipinski definition) is 1. The summed E-state index contributed by atoms with van der Waals surface area (Å²) in [5, 5.41) is 2.53. The maximum atomic E-state index is 12.9. The molecule has 0 aromatic heterocycles. The highest BCUT2D eigenvalue weighted by Gasteiger charge is 2.04. The van der Waals surface area contributed by atoms with Gasteiger partial charge in [-0.1, -0.05) is 6.08 Å². The fourth-order valence-corrected chi connectivity index (χ4v) is 1.19. The van der Waals surface area contributed by atoms with Crippen LogP contribution in [-0.4, -0.2) is 6.41 Å². The number of halogens is 1. The van der Waals surface area contributed by atoms with E-state index in [9.17, 15) is 9.18 Å². The van der Waals surface area contributed by atoms with Crippen molar-refractivity contribution in [3.63, 3.8) is 0 Å². The second-order valence-electron chi connectivity index (χ2n) is 2.92. The van der Waals surface area contributed by atoms with Crippen LogP contribution in [0.25, 0.3) is 5.57 Å². The monoisotopic (exact) mass is 193 g/mol.